The Bertz CT molecular complexity index is 2550. The van der Waals surface area contributed by atoms with Crippen LogP contribution in [0.1, 0.15) is 0 Å². The van der Waals surface area contributed by atoms with Crippen molar-refractivity contribution < 1.29 is 0 Å². The van der Waals surface area contributed by atoms with Crippen LogP contribution in [0.15, 0.2) is 152 Å². The van der Waals surface area contributed by atoms with Crippen molar-refractivity contribution in [3.8, 4) is 34.2 Å². The minimum absolute atomic E-state index is 0.659. The molecule has 0 fully saturated rings. The van der Waals surface area contributed by atoms with Gasteiger partial charge < -0.3 is 0 Å². The lowest BCUT2D eigenvalue weighted by molar-refractivity contribution is 1.08. The Kier molecular flexibility index (Phi) is 5.50. The number of rotatable bonds is 3. The molecule has 1 aromatic heterocycles. The summed E-state index contributed by atoms with van der Waals surface area (Å²) in [6.45, 7) is 0. The SMILES string of the molecule is c1ccc(-c2nc(-c3ccc4c(ccc5ccccc54)c3)nc(-c3ccc4ccc5c6ccccc6ccc5c4c3)n2)cc1. The lowest BCUT2D eigenvalue weighted by Gasteiger charge is -2.11. The van der Waals surface area contributed by atoms with Crippen LogP contribution in [0.25, 0.3) is 88.0 Å². The number of nitrogens with zero attached hydrogens (tertiary/aromatic N) is 3. The number of benzene rings is 8. The third-order valence-corrected chi connectivity index (χ3v) is 8.67. The number of hydrogen-bond acceptors (Lipinski definition) is 3. The second-order valence-electron chi connectivity index (χ2n) is 11.3. The summed E-state index contributed by atoms with van der Waals surface area (Å²) in [5.74, 6) is 1.98. The van der Waals surface area contributed by atoms with Crippen LogP contribution in [0, 0.1) is 0 Å². The van der Waals surface area contributed by atoms with Crippen molar-refractivity contribution in [1.82, 2.24) is 15.0 Å². The number of aromatic nitrogens is 3. The zero-order chi connectivity index (χ0) is 29.0. The maximum Gasteiger partial charge on any atom is 0.164 e. The zero-order valence-electron chi connectivity index (χ0n) is 23.8. The number of hydrogen-bond donors (Lipinski definition) is 0. The molecule has 9 rings (SSSR count). The van der Waals surface area contributed by atoms with Crippen molar-refractivity contribution in [3.05, 3.63) is 152 Å². The minimum Gasteiger partial charge on any atom is -0.208 e. The highest BCUT2D eigenvalue weighted by molar-refractivity contribution is 6.17. The molecule has 3 nitrogen and oxygen atoms in total. The van der Waals surface area contributed by atoms with Gasteiger partial charge in [0.15, 0.2) is 17.5 Å². The van der Waals surface area contributed by atoms with Gasteiger partial charge in [0.2, 0.25) is 0 Å². The first-order valence-electron chi connectivity index (χ1n) is 14.9. The average Bonchev–Trinajstić information content (AvgIpc) is 3.11. The maximum absolute atomic E-state index is 5.08. The van der Waals surface area contributed by atoms with Gasteiger partial charge in [0.05, 0.1) is 0 Å². The molecule has 44 heavy (non-hydrogen) atoms. The third-order valence-electron chi connectivity index (χ3n) is 8.67. The normalized spacial score (nSPS) is 11.6. The Hall–Kier alpha value is -5.93. The summed E-state index contributed by atoms with van der Waals surface area (Å²) in [6.07, 6.45) is 0. The summed E-state index contributed by atoms with van der Waals surface area (Å²) < 4.78 is 0. The molecular formula is C41H25N3. The first-order valence-corrected chi connectivity index (χ1v) is 14.9. The quantitative estimate of drug-likeness (QED) is 0.202. The van der Waals surface area contributed by atoms with Crippen molar-refractivity contribution in [1.29, 1.82) is 0 Å². The Morgan fingerprint density at radius 1 is 0.250 bits per heavy atom. The predicted molar refractivity (Wildman–Crippen MR) is 184 cm³/mol. The van der Waals surface area contributed by atoms with Gasteiger partial charge in [-0.2, -0.15) is 0 Å². The van der Waals surface area contributed by atoms with Gasteiger partial charge in [0, 0.05) is 16.7 Å². The molecule has 3 heteroatoms. The molecule has 0 aliphatic carbocycles. The van der Waals surface area contributed by atoms with Crippen LogP contribution >= 0.6 is 0 Å². The highest BCUT2D eigenvalue weighted by Crippen LogP contribution is 2.35. The highest BCUT2D eigenvalue weighted by atomic mass is 15.0. The highest BCUT2D eigenvalue weighted by Gasteiger charge is 2.14. The molecule has 9 aromatic rings. The van der Waals surface area contributed by atoms with Gasteiger partial charge in [-0.25, -0.2) is 15.0 Å². The molecule has 0 radical (unpaired) electrons. The summed E-state index contributed by atoms with van der Waals surface area (Å²) in [4.78, 5) is 15.1. The van der Waals surface area contributed by atoms with E-state index in [0.29, 0.717) is 17.5 Å². The van der Waals surface area contributed by atoms with Crippen molar-refractivity contribution in [2.24, 2.45) is 0 Å². The van der Waals surface area contributed by atoms with Crippen LogP contribution in [-0.2, 0) is 0 Å². The van der Waals surface area contributed by atoms with Gasteiger partial charge in [0.25, 0.3) is 0 Å². The Morgan fingerprint density at radius 2 is 0.682 bits per heavy atom. The Morgan fingerprint density at radius 3 is 1.41 bits per heavy atom. The van der Waals surface area contributed by atoms with Crippen LogP contribution in [0.2, 0.25) is 0 Å². The zero-order valence-corrected chi connectivity index (χ0v) is 23.8. The van der Waals surface area contributed by atoms with E-state index >= 15 is 0 Å². The third kappa shape index (κ3) is 4.02. The first-order chi connectivity index (χ1) is 21.8. The summed E-state index contributed by atoms with van der Waals surface area (Å²) >= 11 is 0. The van der Waals surface area contributed by atoms with E-state index in [9.17, 15) is 0 Å². The molecule has 8 aromatic carbocycles. The lowest BCUT2D eigenvalue weighted by Crippen LogP contribution is -2.00. The lowest BCUT2D eigenvalue weighted by atomic mass is 9.96. The van der Waals surface area contributed by atoms with E-state index in [-0.39, 0.29) is 0 Å². The van der Waals surface area contributed by atoms with E-state index < -0.39 is 0 Å². The van der Waals surface area contributed by atoms with Gasteiger partial charge in [-0.15, -0.1) is 0 Å². The molecule has 0 unspecified atom stereocenters. The van der Waals surface area contributed by atoms with Crippen LogP contribution < -0.4 is 0 Å². The molecule has 0 atom stereocenters. The molecule has 0 saturated carbocycles. The van der Waals surface area contributed by atoms with Crippen molar-refractivity contribution in [3.63, 3.8) is 0 Å². The molecular weight excluding hydrogens is 534 g/mol. The van der Waals surface area contributed by atoms with Crippen LogP contribution in [-0.4, -0.2) is 15.0 Å². The molecule has 204 valence electrons. The fourth-order valence-corrected chi connectivity index (χ4v) is 6.46. The standard InChI is InChI=1S/C41H25N3/c1-2-10-29(11-3-1)39-42-40(31-20-21-35-30(24-31)16-14-26-8-4-6-12-33(26)35)44-41(43-39)32-17-15-28-19-22-36-34-13-7-5-9-27(34)18-23-37(36)38(28)25-32/h1-25H. The summed E-state index contributed by atoms with van der Waals surface area (Å²) in [6, 6.07) is 53.5. The summed E-state index contributed by atoms with van der Waals surface area (Å²) in [5.41, 5.74) is 2.89. The molecule has 0 aliphatic heterocycles. The first kappa shape index (κ1) is 24.6. The minimum atomic E-state index is 0.659. The molecule has 0 amide bonds. The number of fused-ring (bicyclic) bond motifs is 8. The van der Waals surface area contributed by atoms with E-state index in [4.69, 9.17) is 15.0 Å². The Balaban J connectivity index is 1.25. The molecule has 0 saturated heterocycles. The monoisotopic (exact) mass is 559 g/mol. The maximum atomic E-state index is 5.08. The predicted octanol–water partition coefficient (Wildman–Crippen LogP) is 10.6. The smallest absolute Gasteiger partial charge is 0.164 e. The fraction of sp³-hybridized carbons (Fsp3) is 0. The van der Waals surface area contributed by atoms with E-state index in [1.807, 2.05) is 18.2 Å². The average molecular weight is 560 g/mol. The summed E-state index contributed by atoms with van der Waals surface area (Å²) in [7, 11) is 0. The van der Waals surface area contributed by atoms with Gasteiger partial charge >= 0.3 is 0 Å². The molecule has 1 heterocycles. The molecule has 0 spiro atoms. The van der Waals surface area contributed by atoms with Gasteiger partial charge in [-0.3, -0.25) is 0 Å². The molecule has 0 bridgehead atoms. The topological polar surface area (TPSA) is 38.7 Å². The van der Waals surface area contributed by atoms with E-state index in [0.717, 1.165) is 22.1 Å². The van der Waals surface area contributed by atoms with E-state index in [2.05, 4.69) is 133 Å². The largest absolute Gasteiger partial charge is 0.208 e. The second-order valence-corrected chi connectivity index (χ2v) is 11.3. The van der Waals surface area contributed by atoms with E-state index in [1.54, 1.807) is 0 Å². The van der Waals surface area contributed by atoms with Crippen LogP contribution in [0.5, 0.6) is 0 Å². The molecule has 0 aliphatic rings. The van der Waals surface area contributed by atoms with Gasteiger partial charge in [0.1, 0.15) is 0 Å². The van der Waals surface area contributed by atoms with Crippen LogP contribution in [0.4, 0.5) is 0 Å². The van der Waals surface area contributed by atoms with Gasteiger partial charge in [-0.05, 0) is 66.0 Å². The van der Waals surface area contributed by atoms with Crippen LogP contribution in [0.3, 0.4) is 0 Å². The van der Waals surface area contributed by atoms with Crippen molar-refractivity contribution >= 4 is 53.9 Å². The fourth-order valence-electron chi connectivity index (χ4n) is 6.46. The summed E-state index contributed by atoms with van der Waals surface area (Å²) in [5, 5.41) is 12.2. The van der Waals surface area contributed by atoms with Gasteiger partial charge in [-0.1, -0.05) is 140 Å². The van der Waals surface area contributed by atoms with Crippen molar-refractivity contribution in [2.75, 3.05) is 0 Å². The van der Waals surface area contributed by atoms with Crippen molar-refractivity contribution in [2.45, 2.75) is 0 Å². The van der Waals surface area contributed by atoms with E-state index in [1.165, 1.54) is 48.5 Å². The molecule has 0 N–H and O–H groups in total. The Labute approximate surface area is 254 Å². The second kappa shape index (κ2) is 9.82.